The smallest absolute Gasteiger partial charge is 0.255 e. The Morgan fingerprint density at radius 2 is 1.71 bits per heavy atom. The van der Waals surface area contributed by atoms with Crippen molar-refractivity contribution in [3.8, 4) is 0 Å². The van der Waals surface area contributed by atoms with Gasteiger partial charge >= 0.3 is 0 Å². The van der Waals surface area contributed by atoms with E-state index in [9.17, 15) is 23.6 Å². The molecule has 3 fully saturated rings. The molecule has 0 unspecified atom stereocenters. The number of nitrogens with one attached hydrogen (secondary N) is 1. The van der Waals surface area contributed by atoms with E-state index in [1.807, 2.05) is 17.0 Å². The van der Waals surface area contributed by atoms with E-state index < -0.39 is 23.7 Å². The third-order valence-corrected chi connectivity index (χ3v) is 8.94. The van der Waals surface area contributed by atoms with Crippen LogP contribution in [0, 0.1) is 11.7 Å². The second-order valence-electron chi connectivity index (χ2n) is 11.5. The van der Waals surface area contributed by atoms with Crippen molar-refractivity contribution in [1.82, 2.24) is 15.1 Å². The Balaban J connectivity index is 1.01. The van der Waals surface area contributed by atoms with Gasteiger partial charge in [-0.1, -0.05) is 6.07 Å². The van der Waals surface area contributed by atoms with Crippen molar-refractivity contribution in [2.45, 2.75) is 38.3 Å². The van der Waals surface area contributed by atoms with Gasteiger partial charge in [-0.25, -0.2) is 4.39 Å². The number of para-hydroxylation sites is 1. The second kappa shape index (κ2) is 11.1. The monoisotopic (exact) mass is 562 g/mol. The van der Waals surface area contributed by atoms with E-state index in [-0.39, 0.29) is 23.8 Å². The van der Waals surface area contributed by atoms with Crippen LogP contribution in [-0.4, -0.2) is 85.3 Å². The highest BCUT2D eigenvalue weighted by atomic mass is 19.1. The molecule has 4 heterocycles. The maximum atomic E-state index is 14.6. The van der Waals surface area contributed by atoms with Gasteiger partial charge < -0.3 is 20.4 Å². The Kier molecular flexibility index (Phi) is 7.37. The summed E-state index contributed by atoms with van der Waals surface area (Å²) in [5, 5.41) is 2.35. The molecular formula is C30H35FN6O4. The summed E-state index contributed by atoms with van der Waals surface area (Å²) in [7, 11) is 0. The predicted octanol–water partition coefficient (Wildman–Crippen LogP) is 1.72. The Morgan fingerprint density at radius 3 is 2.41 bits per heavy atom. The third-order valence-electron chi connectivity index (χ3n) is 8.94. The molecule has 6 rings (SSSR count). The van der Waals surface area contributed by atoms with Gasteiger partial charge in [-0.2, -0.15) is 0 Å². The molecule has 2 aromatic carbocycles. The lowest BCUT2D eigenvalue weighted by Gasteiger charge is -2.40. The highest BCUT2D eigenvalue weighted by molar-refractivity contribution is 6.05. The van der Waals surface area contributed by atoms with Gasteiger partial charge in [0, 0.05) is 70.0 Å². The number of imide groups is 1. The molecule has 3 N–H and O–H groups in total. The van der Waals surface area contributed by atoms with Crippen molar-refractivity contribution in [1.29, 1.82) is 0 Å². The van der Waals surface area contributed by atoms with Crippen molar-refractivity contribution in [2.75, 3.05) is 55.6 Å². The van der Waals surface area contributed by atoms with Crippen LogP contribution < -0.4 is 20.9 Å². The molecular weight excluding hydrogens is 527 g/mol. The number of carbonyl (C=O) groups is 4. The van der Waals surface area contributed by atoms with Gasteiger partial charge in [-0.15, -0.1) is 0 Å². The summed E-state index contributed by atoms with van der Waals surface area (Å²) >= 11 is 0. The summed E-state index contributed by atoms with van der Waals surface area (Å²) in [6.07, 6.45) is 2.45. The van der Waals surface area contributed by atoms with Crippen molar-refractivity contribution >= 4 is 35.0 Å². The Labute approximate surface area is 238 Å². The minimum Gasteiger partial charge on any atom is -0.369 e. The number of nitrogens with zero attached hydrogens (tertiary/aromatic N) is 4. The molecule has 3 saturated heterocycles. The normalized spacial score (nSPS) is 22.2. The number of hydrogen-bond donors (Lipinski definition) is 2. The number of benzene rings is 2. The molecule has 1 atom stereocenters. The van der Waals surface area contributed by atoms with Crippen molar-refractivity contribution in [3.63, 3.8) is 0 Å². The van der Waals surface area contributed by atoms with Crippen LogP contribution in [0.3, 0.4) is 0 Å². The number of piperidine rings is 2. The Bertz CT molecular complexity index is 1380. The van der Waals surface area contributed by atoms with Gasteiger partial charge in [0.25, 0.3) is 11.8 Å². The number of amides is 4. The van der Waals surface area contributed by atoms with Crippen LogP contribution in [0.1, 0.15) is 52.0 Å². The first kappa shape index (κ1) is 27.2. The zero-order chi connectivity index (χ0) is 28.7. The van der Waals surface area contributed by atoms with E-state index in [0.717, 1.165) is 56.8 Å². The first-order chi connectivity index (χ1) is 19.8. The number of hydrogen-bond acceptors (Lipinski definition) is 7. The maximum absolute atomic E-state index is 14.6. The molecule has 0 spiro atoms. The van der Waals surface area contributed by atoms with Crippen LogP contribution in [0.5, 0.6) is 0 Å². The summed E-state index contributed by atoms with van der Waals surface area (Å²) in [6.45, 7) is 6.35. The van der Waals surface area contributed by atoms with E-state index in [0.29, 0.717) is 43.2 Å². The predicted molar refractivity (Wildman–Crippen MR) is 151 cm³/mol. The number of primary amides is 1. The second-order valence-corrected chi connectivity index (χ2v) is 11.5. The zero-order valence-electron chi connectivity index (χ0n) is 23.0. The molecule has 0 radical (unpaired) electrons. The Morgan fingerprint density at radius 1 is 0.951 bits per heavy atom. The molecule has 11 heteroatoms. The number of anilines is 2. The molecule has 41 heavy (non-hydrogen) atoms. The quantitative estimate of drug-likeness (QED) is 0.515. The van der Waals surface area contributed by atoms with E-state index >= 15 is 0 Å². The molecule has 10 nitrogen and oxygen atoms in total. The fraction of sp³-hybridized carbons (Fsp3) is 0.467. The maximum Gasteiger partial charge on any atom is 0.255 e. The molecule has 0 aliphatic carbocycles. The first-order valence-corrected chi connectivity index (χ1v) is 14.4. The molecule has 4 amide bonds. The number of nitrogens with two attached hydrogens (primary N) is 1. The number of fused-ring (bicyclic) bond motifs is 1. The van der Waals surface area contributed by atoms with Crippen LogP contribution >= 0.6 is 0 Å². The lowest BCUT2D eigenvalue weighted by Crippen LogP contribution is -2.52. The summed E-state index contributed by atoms with van der Waals surface area (Å²) < 4.78 is 14.6. The van der Waals surface area contributed by atoms with E-state index in [2.05, 4.69) is 21.2 Å². The average Bonchev–Trinajstić information content (AvgIpc) is 3.29. The van der Waals surface area contributed by atoms with E-state index in [4.69, 9.17) is 5.73 Å². The highest BCUT2D eigenvalue weighted by Gasteiger charge is 2.39. The summed E-state index contributed by atoms with van der Waals surface area (Å²) in [6, 6.07) is 9.78. The standard InChI is InChI=1S/C30H35FN6O4/c31-24-3-1-2-23(28(32)39)27(24)36-10-8-19(9-11-36)17-34-12-14-35(15-13-34)21-4-5-22-20(16-21)18-37(30(22)41)25-6-7-26(38)33-29(25)40/h1-5,16,19,25H,6-15,17-18H2,(H2,32,39)(H,33,38,40)/t25-/m1/s1. The van der Waals surface area contributed by atoms with Crippen molar-refractivity contribution < 1.29 is 23.6 Å². The minimum absolute atomic E-state index is 0.155. The fourth-order valence-corrected chi connectivity index (χ4v) is 6.69. The van der Waals surface area contributed by atoms with Gasteiger partial charge in [0.15, 0.2) is 0 Å². The van der Waals surface area contributed by atoms with E-state index in [1.165, 1.54) is 12.1 Å². The van der Waals surface area contributed by atoms with E-state index in [1.54, 1.807) is 11.0 Å². The van der Waals surface area contributed by atoms with Gasteiger partial charge in [0.1, 0.15) is 11.9 Å². The van der Waals surface area contributed by atoms with Crippen LogP contribution in [0.4, 0.5) is 15.8 Å². The molecule has 0 bridgehead atoms. The van der Waals surface area contributed by atoms with Gasteiger partial charge in [-0.05, 0) is 61.1 Å². The topological polar surface area (TPSA) is 119 Å². The van der Waals surface area contributed by atoms with Gasteiger partial charge in [-0.3, -0.25) is 29.4 Å². The van der Waals surface area contributed by atoms with Crippen molar-refractivity contribution in [3.05, 3.63) is 58.9 Å². The minimum atomic E-state index is -0.610. The lowest BCUT2D eigenvalue weighted by atomic mass is 9.94. The molecule has 216 valence electrons. The number of halogens is 1. The summed E-state index contributed by atoms with van der Waals surface area (Å²) in [4.78, 5) is 57.0. The van der Waals surface area contributed by atoms with Crippen LogP contribution in [0.2, 0.25) is 0 Å². The van der Waals surface area contributed by atoms with Crippen LogP contribution in [-0.2, 0) is 16.1 Å². The lowest BCUT2D eigenvalue weighted by molar-refractivity contribution is -0.136. The average molecular weight is 563 g/mol. The summed E-state index contributed by atoms with van der Waals surface area (Å²) in [5.41, 5.74) is 8.66. The molecule has 4 aliphatic heterocycles. The zero-order valence-corrected chi connectivity index (χ0v) is 23.0. The fourth-order valence-electron chi connectivity index (χ4n) is 6.69. The van der Waals surface area contributed by atoms with Gasteiger partial charge in [0.2, 0.25) is 11.8 Å². The molecule has 0 aromatic heterocycles. The molecule has 4 aliphatic rings. The third kappa shape index (κ3) is 5.38. The first-order valence-electron chi connectivity index (χ1n) is 14.4. The van der Waals surface area contributed by atoms with Gasteiger partial charge in [0.05, 0.1) is 11.3 Å². The van der Waals surface area contributed by atoms with Crippen LogP contribution in [0.15, 0.2) is 36.4 Å². The van der Waals surface area contributed by atoms with Crippen molar-refractivity contribution in [2.24, 2.45) is 11.7 Å². The number of rotatable bonds is 6. The van der Waals surface area contributed by atoms with Crippen LogP contribution in [0.25, 0.3) is 0 Å². The number of piperazine rings is 1. The SMILES string of the molecule is NC(=O)c1cccc(F)c1N1CCC(CN2CCN(c3ccc4c(c3)CN([C@@H]3CCC(=O)NC3=O)C4=O)CC2)CC1. The molecule has 2 aromatic rings. The number of carbonyl (C=O) groups excluding carboxylic acids is 4. The largest absolute Gasteiger partial charge is 0.369 e. The Hall–Kier alpha value is -3.99. The highest BCUT2D eigenvalue weighted by Crippen LogP contribution is 2.32. The molecule has 0 saturated carbocycles. The summed E-state index contributed by atoms with van der Waals surface area (Å²) in [5.74, 6) is -1.35.